The van der Waals surface area contributed by atoms with Crippen LogP contribution in [0.1, 0.15) is 26.2 Å². The lowest BCUT2D eigenvalue weighted by atomic mass is 10.1. The zero-order chi connectivity index (χ0) is 9.19. The van der Waals surface area contributed by atoms with E-state index in [2.05, 4.69) is 0 Å². The van der Waals surface area contributed by atoms with Gasteiger partial charge in [-0.2, -0.15) is 0 Å². The fourth-order valence-electron chi connectivity index (χ4n) is 1.67. The van der Waals surface area contributed by atoms with E-state index in [1.165, 1.54) is 0 Å². The Kier molecular flexibility index (Phi) is 2.69. The van der Waals surface area contributed by atoms with E-state index in [9.17, 15) is 9.90 Å². The van der Waals surface area contributed by atoms with Gasteiger partial charge < -0.3 is 10.2 Å². The van der Waals surface area contributed by atoms with Crippen LogP contribution < -0.4 is 0 Å². The number of likely N-dealkylation sites (tertiary alicyclic amines) is 1. The third-order valence-corrected chi connectivity index (χ3v) is 2.31. The zero-order valence-electron chi connectivity index (χ0n) is 7.29. The van der Waals surface area contributed by atoms with Crippen LogP contribution in [0.5, 0.6) is 0 Å². The second-order valence-electron chi connectivity index (χ2n) is 3.21. The van der Waals surface area contributed by atoms with Crippen molar-refractivity contribution in [2.24, 2.45) is 0 Å². The van der Waals surface area contributed by atoms with E-state index in [4.69, 9.17) is 5.11 Å². The van der Waals surface area contributed by atoms with Gasteiger partial charge in [0.25, 0.3) is 0 Å². The molecule has 70 valence electrons. The molecule has 0 spiro atoms. The van der Waals surface area contributed by atoms with Gasteiger partial charge in [0, 0.05) is 19.5 Å². The van der Waals surface area contributed by atoms with Gasteiger partial charge in [-0.1, -0.05) is 6.92 Å². The molecule has 0 bridgehead atoms. The molecule has 1 saturated heterocycles. The molecule has 0 aromatic rings. The van der Waals surface area contributed by atoms with Gasteiger partial charge in [0.15, 0.2) is 0 Å². The van der Waals surface area contributed by atoms with Crippen LogP contribution in [0, 0.1) is 0 Å². The standard InChI is InChI=1S/C8H15NO3/c1-2-5-9-6-3-4-8(9,12)7(10)11/h12H,2-6H2,1H3,(H,10,11)/t8-/m1/s1. The molecule has 0 unspecified atom stereocenters. The molecular formula is C8H15NO3. The number of carbonyl (C=O) groups is 1. The minimum absolute atomic E-state index is 0.350. The second kappa shape index (κ2) is 3.41. The quantitative estimate of drug-likeness (QED) is 0.643. The SMILES string of the molecule is CCCN1CCC[C@@]1(O)C(=O)O. The largest absolute Gasteiger partial charge is 0.478 e. The number of nitrogens with zero attached hydrogens (tertiary/aromatic N) is 1. The summed E-state index contributed by atoms with van der Waals surface area (Å²) in [7, 11) is 0. The van der Waals surface area contributed by atoms with Crippen LogP contribution in [0.4, 0.5) is 0 Å². The van der Waals surface area contributed by atoms with Crippen molar-refractivity contribution in [1.82, 2.24) is 4.90 Å². The van der Waals surface area contributed by atoms with Gasteiger partial charge in [-0.15, -0.1) is 0 Å². The molecule has 1 aliphatic heterocycles. The van der Waals surface area contributed by atoms with Crippen LogP contribution in [0.3, 0.4) is 0 Å². The van der Waals surface area contributed by atoms with Gasteiger partial charge in [0.1, 0.15) is 0 Å². The van der Waals surface area contributed by atoms with Gasteiger partial charge in [-0.05, 0) is 12.8 Å². The number of carboxylic acids is 1. The summed E-state index contributed by atoms with van der Waals surface area (Å²) in [6.45, 7) is 3.32. The zero-order valence-corrected chi connectivity index (χ0v) is 7.29. The summed E-state index contributed by atoms with van der Waals surface area (Å²) in [6, 6.07) is 0. The van der Waals surface area contributed by atoms with Crippen molar-refractivity contribution in [1.29, 1.82) is 0 Å². The van der Waals surface area contributed by atoms with E-state index in [-0.39, 0.29) is 0 Å². The summed E-state index contributed by atoms with van der Waals surface area (Å²) in [6.07, 6.45) is 1.99. The van der Waals surface area contributed by atoms with E-state index >= 15 is 0 Å². The molecule has 1 heterocycles. The summed E-state index contributed by atoms with van der Waals surface area (Å²) >= 11 is 0. The first-order valence-electron chi connectivity index (χ1n) is 4.32. The maximum atomic E-state index is 10.7. The van der Waals surface area contributed by atoms with Crippen molar-refractivity contribution in [3.63, 3.8) is 0 Å². The van der Waals surface area contributed by atoms with Gasteiger partial charge >= 0.3 is 5.97 Å². The van der Waals surface area contributed by atoms with Crippen molar-refractivity contribution >= 4 is 5.97 Å². The smallest absolute Gasteiger partial charge is 0.351 e. The molecule has 1 aliphatic rings. The first kappa shape index (κ1) is 9.48. The Balaban J connectivity index is 2.67. The second-order valence-corrected chi connectivity index (χ2v) is 3.21. The lowest BCUT2D eigenvalue weighted by Crippen LogP contribution is -2.50. The number of hydrogen-bond donors (Lipinski definition) is 2. The van der Waals surface area contributed by atoms with Crippen LogP contribution >= 0.6 is 0 Å². The predicted molar refractivity (Wildman–Crippen MR) is 43.7 cm³/mol. The molecule has 0 aliphatic carbocycles. The highest BCUT2D eigenvalue weighted by Crippen LogP contribution is 2.26. The average Bonchev–Trinajstić information content (AvgIpc) is 2.35. The molecule has 0 aromatic carbocycles. The van der Waals surface area contributed by atoms with Gasteiger partial charge in [-0.25, -0.2) is 4.79 Å². The predicted octanol–water partition coefficient (Wildman–Crippen LogP) is 0.265. The number of carboxylic acid groups (broad SMARTS) is 1. The van der Waals surface area contributed by atoms with Crippen molar-refractivity contribution < 1.29 is 15.0 Å². The molecule has 1 rings (SSSR count). The molecule has 1 fully saturated rings. The highest BCUT2D eigenvalue weighted by atomic mass is 16.4. The Bertz CT molecular complexity index is 183. The molecule has 1 atom stereocenters. The summed E-state index contributed by atoms with van der Waals surface area (Å²) in [5.74, 6) is -1.12. The van der Waals surface area contributed by atoms with Crippen molar-refractivity contribution in [2.45, 2.75) is 31.9 Å². The van der Waals surface area contributed by atoms with Crippen molar-refractivity contribution in [3.8, 4) is 0 Å². The number of aliphatic carboxylic acids is 1. The van der Waals surface area contributed by atoms with E-state index in [0.29, 0.717) is 19.5 Å². The maximum Gasteiger partial charge on any atom is 0.351 e. The third-order valence-electron chi connectivity index (χ3n) is 2.31. The lowest BCUT2D eigenvalue weighted by molar-refractivity contribution is -0.176. The van der Waals surface area contributed by atoms with Crippen LogP contribution in [0.2, 0.25) is 0 Å². The van der Waals surface area contributed by atoms with Crippen LogP contribution in [-0.2, 0) is 4.79 Å². The molecule has 0 aromatic heterocycles. The normalized spacial score (nSPS) is 30.8. The molecule has 2 N–H and O–H groups in total. The first-order valence-corrected chi connectivity index (χ1v) is 4.32. The Morgan fingerprint density at radius 2 is 2.33 bits per heavy atom. The lowest BCUT2D eigenvalue weighted by Gasteiger charge is -2.28. The highest BCUT2D eigenvalue weighted by Gasteiger charge is 2.45. The van der Waals surface area contributed by atoms with E-state index in [1.54, 1.807) is 4.90 Å². The van der Waals surface area contributed by atoms with E-state index < -0.39 is 11.7 Å². The minimum atomic E-state index is -1.59. The highest BCUT2D eigenvalue weighted by molar-refractivity contribution is 5.76. The molecule has 12 heavy (non-hydrogen) atoms. The molecule has 4 heteroatoms. The summed E-state index contributed by atoms with van der Waals surface area (Å²) < 4.78 is 0. The summed E-state index contributed by atoms with van der Waals surface area (Å²) in [5.41, 5.74) is -1.59. The van der Waals surface area contributed by atoms with Crippen LogP contribution in [0.15, 0.2) is 0 Å². The number of hydrogen-bond acceptors (Lipinski definition) is 3. The van der Waals surface area contributed by atoms with E-state index in [0.717, 1.165) is 12.8 Å². The molecule has 0 amide bonds. The molecule has 0 saturated carbocycles. The fraction of sp³-hybridized carbons (Fsp3) is 0.875. The summed E-state index contributed by atoms with van der Waals surface area (Å²) in [5, 5.41) is 18.5. The monoisotopic (exact) mass is 173 g/mol. The minimum Gasteiger partial charge on any atom is -0.478 e. The van der Waals surface area contributed by atoms with Crippen molar-refractivity contribution in [2.75, 3.05) is 13.1 Å². The third kappa shape index (κ3) is 1.44. The number of rotatable bonds is 3. The Hall–Kier alpha value is -0.610. The van der Waals surface area contributed by atoms with E-state index in [1.807, 2.05) is 6.92 Å². The van der Waals surface area contributed by atoms with Gasteiger partial charge in [0.2, 0.25) is 5.72 Å². The first-order chi connectivity index (χ1) is 5.61. The Morgan fingerprint density at radius 1 is 1.67 bits per heavy atom. The maximum absolute atomic E-state index is 10.7. The molecule has 0 radical (unpaired) electrons. The van der Waals surface area contributed by atoms with Gasteiger partial charge in [0.05, 0.1) is 0 Å². The van der Waals surface area contributed by atoms with Crippen LogP contribution in [-0.4, -0.2) is 39.9 Å². The summed E-state index contributed by atoms with van der Waals surface area (Å²) in [4.78, 5) is 12.4. The molecule has 4 nitrogen and oxygen atoms in total. The topological polar surface area (TPSA) is 60.8 Å². The molecular weight excluding hydrogens is 158 g/mol. The fourth-order valence-corrected chi connectivity index (χ4v) is 1.67. The van der Waals surface area contributed by atoms with Crippen LogP contribution in [0.25, 0.3) is 0 Å². The number of aliphatic hydroxyl groups is 1. The average molecular weight is 173 g/mol. The Morgan fingerprint density at radius 3 is 2.83 bits per heavy atom. The Labute approximate surface area is 71.8 Å². The van der Waals surface area contributed by atoms with Gasteiger partial charge in [-0.3, -0.25) is 4.90 Å². The van der Waals surface area contributed by atoms with Crippen molar-refractivity contribution in [3.05, 3.63) is 0 Å².